The zero-order chi connectivity index (χ0) is 22.9. The molecule has 0 saturated carbocycles. The normalized spacial score (nSPS) is 11.4. The summed E-state index contributed by atoms with van der Waals surface area (Å²) in [6.07, 6.45) is -3.11. The van der Waals surface area contributed by atoms with Crippen molar-refractivity contribution in [2.45, 2.75) is 13.1 Å². The third-order valence-electron chi connectivity index (χ3n) is 4.46. The van der Waals surface area contributed by atoms with Gasteiger partial charge in [-0.3, -0.25) is 4.79 Å². The molecular formula is C21H16F3N5O3. The molecule has 0 aliphatic rings. The van der Waals surface area contributed by atoms with E-state index in [0.717, 1.165) is 18.2 Å². The molecule has 164 valence electrons. The zero-order valence-corrected chi connectivity index (χ0v) is 16.8. The van der Waals surface area contributed by atoms with Gasteiger partial charge >= 0.3 is 6.18 Å². The van der Waals surface area contributed by atoms with Crippen LogP contribution in [0.15, 0.2) is 54.7 Å². The molecule has 0 atom stereocenters. The fourth-order valence-corrected chi connectivity index (χ4v) is 2.87. The van der Waals surface area contributed by atoms with E-state index >= 15 is 0 Å². The highest BCUT2D eigenvalue weighted by Crippen LogP contribution is 2.37. The highest BCUT2D eigenvalue weighted by molar-refractivity contribution is 6.02. The average Bonchev–Trinajstić information content (AvgIpc) is 3.20. The number of nitrogens with one attached hydrogen (secondary N) is 1. The number of benzene rings is 2. The molecule has 0 radical (unpaired) electrons. The molecule has 0 aliphatic carbocycles. The number of anilines is 1. The van der Waals surface area contributed by atoms with Crippen LogP contribution >= 0.6 is 0 Å². The topological polar surface area (TPSA) is 90.6 Å². The van der Waals surface area contributed by atoms with Crippen molar-refractivity contribution < 1.29 is 27.4 Å². The van der Waals surface area contributed by atoms with Crippen molar-refractivity contribution in [3.8, 4) is 17.2 Å². The maximum atomic E-state index is 13.3. The molecule has 4 rings (SSSR count). The summed E-state index contributed by atoms with van der Waals surface area (Å²) in [4.78, 5) is 20.8. The number of hydrogen-bond donors (Lipinski definition) is 1. The predicted octanol–water partition coefficient (Wildman–Crippen LogP) is 4.50. The Hall–Kier alpha value is -4.15. The lowest BCUT2D eigenvalue weighted by molar-refractivity contribution is -0.137. The Labute approximate surface area is 179 Å². The molecule has 0 bridgehead atoms. The second kappa shape index (κ2) is 8.17. The number of fused-ring (bicyclic) bond motifs is 1. The van der Waals surface area contributed by atoms with Gasteiger partial charge in [0.15, 0.2) is 5.75 Å². The molecule has 0 aliphatic heterocycles. The van der Waals surface area contributed by atoms with Gasteiger partial charge in [0.05, 0.1) is 18.4 Å². The number of alkyl halides is 3. The van der Waals surface area contributed by atoms with Crippen LogP contribution in [0.25, 0.3) is 5.78 Å². The Morgan fingerprint density at radius 3 is 2.59 bits per heavy atom. The second-order valence-corrected chi connectivity index (χ2v) is 6.68. The molecule has 8 nitrogen and oxygen atoms in total. The summed E-state index contributed by atoms with van der Waals surface area (Å²) >= 11 is 0. The quantitative estimate of drug-likeness (QED) is 0.488. The van der Waals surface area contributed by atoms with Crippen LogP contribution in [0.2, 0.25) is 0 Å². The Morgan fingerprint density at radius 1 is 1.09 bits per heavy atom. The zero-order valence-electron chi connectivity index (χ0n) is 16.8. The van der Waals surface area contributed by atoms with Crippen LogP contribution in [0.3, 0.4) is 0 Å². The Morgan fingerprint density at radius 2 is 1.88 bits per heavy atom. The number of ether oxygens (including phenoxy) is 2. The van der Waals surface area contributed by atoms with Crippen molar-refractivity contribution in [1.29, 1.82) is 0 Å². The van der Waals surface area contributed by atoms with Gasteiger partial charge in [0.25, 0.3) is 11.7 Å². The lowest BCUT2D eigenvalue weighted by atomic mass is 10.1. The van der Waals surface area contributed by atoms with Gasteiger partial charge in [-0.25, -0.2) is 9.50 Å². The van der Waals surface area contributed by atoms with E-state index in [1.807, 2.05) is 0 Å². The summed E-state index contributed by atoms with van der Waals surface area (Å²) in [6.45, 7) is 1.75. The predicted molar refractivity (Wildman–Crippen MR) is 108 cm³/mol. The average molecular weight is 443 g/mol. The molecule has 0 unspecified atom stereocenters. The van der Waals surface area contributed by atoms with E-state index in [4.69, 9.17) is 9.47 Å². The summed E-state index contributed by atoms with van der Waals surface area (Å²) in [5.74, 6) is -0.0759. The summed E-state index contributed by atoms with van der Waals surface area (Å²) in [6, 6.07) is 11.0. The summed E-state index contributed by atoms with van der Waals surface area (Å²) in [5, 5.41) is 6.47. The van der Waals surface area contributed by atoms with Gasteiger partial charge in [0, 0.05) is 18.0 Å². The summed E-state index contributed by atoms with van der Waals surface area (Å²) in [7, 11) is 1.47. The number of methoxy groups -OCH3 is 1. The molecule has 0 fully saturated rings. The second-order valence-electron chi connectivity index (χ2n) is 6.68. The molecule has 0 saturated heterocycles. The van der Waals surface area contributed by atoms with E-state index < -0.39 is 17.6 Å². The van der Waals surface area contributed by atoms with Gasteiger partial charge in [-0.2, -0.15) is 18.2 Å². The molecule has 11 heteroatoms. The monoisotopic (exact) mass is 443 g/mol. The molecule has 0 spiro atoms. The number of carbonyl (C=O) groups excluding carboxylic acids is 1. The first-order valence-corrected chi connectivity index (χ1v) is 9.27. The lowest BCUT2D eigenvalue weighted by Crippen LogP contribution is -2.16. The maximum absolute atomic E-state index is 13.3. The largest absolute Gasteiger partial charge is 0.497 e. The minimum Gasteiger partial charge on any atom is -0.497 e. The van der Waals surface area contributed by atoms with Crippen LogP contribution in [0.5, 0.6) is 17.2 Å². The first kappa shape index (κ1) is 21.1. The standard InChI is InChI=1S/C21H16F3N5O3/c1-12-8-9-25-20-27-18(28-29(12)20)19(30)26-16-10-13(21(22,23)24)6-7-17(16)32-15-5-3-4-14(11-15)31-2/h3-11H,1-2H3,(H,26,30). The number of hydrogen-bond acceptors (Lipinski definition) is 6. The molecule has 2 heterocycles. The van der Waals surface area contributed by atoms with E-state index in [1.165, 1.54) is 17.8 Å². The third-order valence-corrected chi connectivity index (χ3v) is 4.46. The number of rotatable bonds is 5. The smallest absolute Gasteiger partial charge is 0.416 e. The minimum atomic E-state index is -4.61. The highest BCUT2D eigenvalue weighted by Gasteiger charge is 2.31. The van der Waals surface area contributed by atoms with Gasteiger partial charge in [0.1, 0.15) is 11.5 Å². The van der Waals surface area contributed by atoms with Crippen LogP contribution < -0.4 is 14.8 Å². The van der Waals surface area contributed by atoms with Gasteiger partial charge in [-0.1, -0.05) is 6.07 Å². The first-order valence-electron chi connectivity index (χ1n) is 9.27. The van der Waals surface area contributed by atoms with Crippen molar-refractivity contribution >= 4 is 17.4 Å². The van der Waals surface area contributed by atoms with Crippen molar-refractivity contribution in [3.63, 3.8) is 0 Å². The minimum absolute atomic E-state index is 0.00215. The molecule has 2 aromatic heterocycles. The van der Waals surface area contributed by atoms with Crippen molar-refractivity contribution in [2.75, 3.05) is 12.4 Å². The van der Waals surface area contributed by atoms with Gasteiger partial charge in [-0.05, 0) is 43.3 Å². The number of aryl methyl sites for hydroxylation is 1. The Bertz CT molecular complexity index is 1300. The molecule has 1 amide bonds. The molecule has 32 heavy (non-hydrogen) atoms. The number of halogens is 3. The Balaban J connectivity index is 1.69. The molecular weight excluding hydrogens is 427 g/mol. The van der Waals surface area contributed by atoms with Crippen molar-refractivity contribution in [2.24, 2.45) is 0 Å². The SMILES string of the molecule is COc1cccc(Oc2ccc(C(F)(F)F)cc2NC(=O)c2nc3nccc(C)n3n2)c1. The van der Waals surface area contributed by atoms with Gasteiger partial charge in [0.2, 0.25) is 5.82 Å². The van der Waals surface area contributed by atoms with E-state index in [2.05, 4.69) is 20.4 Å². The van der Waals surface area contributed by atoms with Crippen molar-refractivity contribution in [3.05, 3.63) is 71.8 Å². The summed E-state index contributed by atoms with van der Waals surface area (Å²) in [5.41, 5.74) is -0.467. The highest BCUT2D eigenvalue weighted by atomic mass is 19.4. The van der Waals surface area contributed by atoms with Crippen LogP contribution in [-0.4, -0.2) is 32.6 Å². The number of aromatic nitrogens is 4. The fraction of sp³-hybridized carbons (Fsp3) is 0.143. The fourth-order valence-electron chi connectivity index (χ4n) is 2.87. The van der Waals surface area contributed by atoms with Crippen LogP contribution in [0.4, 0.5) is 18.9 Å². The number of carbonyl (C=O) groups is 1. The van der Waals surface area contributed by atoms with Crippen LogP contribution in [0, 0.1) is 6.92 Å². The van der Waals surface area contributed by atoms with E-state index in [1.54, 1.807) is 37.3 Å². The molecule has 1 N–H and O–H groups in total. The van der Waals surface area contributed by atoms with E-state index in [9.17, 15) is 18.0 Å². The van der Waals surface area contributed by atoms with Gasteiger partial charge in [-0.15, -0.1) is 5.10 Å². The Kier molecular flexibility index (Phi) is 5.39. The first-order chi connectivity index (χ1) is 15.2. The van der Waals surface area contributed by atoms with E-state index in [-0.39, 0.29) is 23.0 Å². The maximum Gasteiger partial charge on any atom is 0.416 e. The van der Waals surface area contributed by atoms with Crippen LogP contribution in [0.1, 0.15) is 21.9 Å². The molecule has 4 aromatic rings. The number of nitrogens with zero attached hydrogens (tertiary/aromatic N) is 4. The third kappa shape index (κ3) is 4.31. The molecule has 2 aromatic carbocycles. The number of amides is 1. The lowest BCUT2D eigenvalue weighted by Gasteiger charge is -2.15. The summed E-state index contributed by atoms with van der Waals surface area (Å²) < 4.78 is 52.0. The van der Waals surface area contributed by atoms with E-state index in [0.29, 0.717) is 17.2 Å². The van der Waals surface area contributed by atoms with Gasteiger partial charge < -0.3 is 14.8 Å². The van der Waals surface area contributed by atoms with Crippen LogP contribution in [-0.2, 0) is 6.18 Å². The van der Waals surface area contributed by atoms with Crippen molar-refractivity contribution in [1.82, 2.24) is 19.6 Å².